The van der Waals surface area contributed by atoms with E-state index >= 15 is 0 Å². The van der Waals surface area contributed by atoms with E-state index in [2.05, 4.69) is 29.2 Å². The van der Waals surface area contributed by atoms with Crippen LogP contribution in [0.15, 0.2) is 18.3 Å². The zero-order chi connectivity index (χ0) is 16.3. The lowest BCUT2D eigenvalue weighted by atomic mass is 10.1. The van der Waals surface area contributed by atoms with Crippen LogP contribution in [0.1, 0.15) is 54.1 Å². The molecule has 118 valence electrons. The molecule has 1 amide bonds. The van der Waals surface area contributed by atoms with Gasteiger partial charge in [-0.25, -0.2) is 0 Å². The van der Waals surface area contributed by atoms with E-state index in [4.69, 9.17) is 11.6 Å². The molecule has 0 aliphatic heterocycles. The molecule has 0 fully saturated rings. The number of nitrogens with one attached hydrogen (secondary N) is 1. The third-order valence-electron chi connectivity index (χ3n) is 3.50. The number of nitrogens with zero attached hydrogens (tertiary/aromatic N) is 3. The molecule has 0 atom stereocenters. The lowest BCUT2D eigenvalue weighted by Crippen LogP contribution is -2.25. The van der Waals surface area contributed by atoms with E-state index in [9.17, 15) is 4.79 Å². The van der Waals surface area contributed by atoms with Gasteiger partial charge in [0.25, 0.3) is 5.91 Å². The van der Waals surface area contributed by atoms with Crippen LogP contribution < -0.4 is 5.32 Å². The van der Waals surface area contributed by atoms with Crippen molar-refractivity contribution in [3.05, 3.63) is 46.0 Å². The summed E-state index contributed by atoms with van der Waals surface area (Å²) in [4.78, 5) is 16.7. The van der Waals surface area contributed by atoms with Gasteiger partial charge in [0.05, 0.1) is 10.7 Å². The minimum atomic E-state index is -0.229. The van der Waals surface area contributed by atoms with Crippen LogP contribution in [-0.4, -0.2) is 20.7 Å². The molecule has 2 heterocycles. The van der Waals surface area contributed by atoms with Crippen molar-refractivity contribution in [3.63, 3.8) is 0 Å². The van der Waals surface area contributed by atoms with Crippen LogP contribution in [0.5, 0.6) is 0 Å². The summed E-state index contributed by atoms with van der Waals surface area (Å²) in [5.74, 6) is 0.164. The van der Waals surface area contributed by atoms with Crippen LogP contribution in [0.2, 0.25) is 5.02 Å². The lowest BCUT2D eigenvalue weighted by molar-refractivity contribution is 0.0941. The molecular formula is C16H21ClN4O. The Morgan fingerprint density at radius 3 is 2.64 bits per heavy atom. The molecule has 1 N–H and O–H groups in total. The summed E-state index contributed by atoms with van der Waals surface area (Å²) >= 11 is 6.21. The minimum Gasteiger partial charge on any atom is -0.347 e. The van der Waals surface area contributed by atoms with Crippen LogP contribution >= 0.6 is 11.6 Å². The summed E-state index contributed by atoms with van der Waals surface area (Å²) < 4.78 is 1.52. The molecule has 0 spiro atoms. The SMILES string of the molecule is CCc1nn(C)c(C(=O)NCc2ccc(C(C)C)nc2)c1Cl. The molecule has 2 aromatic heterocycles. The van der Waals surface area contributed by atoms with Crippen molar-refractivity contribution in [3.8, 4) is 0 Å². The van der Waals surface area contributed by atoms with Gasteiger partial charge in [0.2, 0.25) is 0 Å². The smallest absolute Gasteiger partial charge is 0.271 e. The van der Waals surface area contributed by atoms with E-state index in [1.807, 2.05) is 19.1 Å². The number of carbonyl (C=O) groups excluding carboxylic acids is 1. The van der Waals surface area contributed by atoms with Crippen LogP contribution in [0.4, 0.5) is 0 Å². The number of carbonyl (C=O) groups is 1. The molecule has 0 saturated heterocycles. The fraction of sp³-hybridized carbons (Fsp3) is 0.438. The highest BCUT2D eigenvalue weighted by molar-refractivity contribution is 6.34. The first-order chi connectivity index (χ1) is 10.4. The summed E-state index contributed by atoms with van der Waals surface area (Å²) in [7, 11) is 1.72. The van der Waals surface area contributed by atoms with E-state index in [1.165, 1.54) is 4.68 Å². The molecule has 6 heteroatoms. The summed E-state index contributed by atoms with van der Waals surface area (Å²) in [5.41, 5.74) is 3.12. The fourth-order valence-electron chi connectivity index (χ4n) is 2.17. The van der Waals surface area contributed by atoms with Gasteiger partial charge in [0, 0.05) is 25.5 Å². The predicted octanol–water partition coefficient (Wildman–Crippen LogP) is 3.08. The zero-order valence-electron chi connectivity index (χ0n) is 13.4. The van der Waals surface area contributed by atoms with Crippen LogP contribution in [0.25, 0.3) is 0 Å². The molecule has 5 nitrogen and oxygen atoms in total. The molecule has 0 radical (unpaired) electrons. The largest absolute Gasteiger partial charge is 0.347 e. The predicted molar refractivity (Wildman–Crippen MR) is 87.1 cm³/mol. The highest BCUT2D eigenvalue weighted by Crippen LogP contribution is 2.20. The lowest BCUT2D eigenvalue weighted by Gasteiger charge is -2.08. The van der Waals surface area contributed by atoms with Crippen molar-refractivity contribution in [1.82, 2.24) is 20.1 Å². The van der Waals surface area contributed by atoms with Crippen LogP contribution in [0, 0.1) is 0 Å². The van der Waals surface area contributed by atoms with Gasteiger partial charge >= 0.3 is 0 Å². The van der Waals surface area contributed by atoms with Gasteiger partial charge in [0.15, 0.2) is 0 Å². The standard InChI is InChI=1S/C16H21ClN4O/c1-5-12-14(17)15(21(4)20-12)16(22)19-9-11-6-7-13(10(2)3)18-8-11/h6-8,10H,5,9H2,1-4H3,(H,19,22). The molecule has 0 unspecified atom stereocenters. The number of amides is 1. The third-order valence-corrected chi connectivity index (χ3v) is 3.89. The maximum absolute atomic E-state index is 12.3. The normalized spacial score (nSPS) is 11.0. The maximum atomic E-state index is 12.3. The monoisotopic (exact) mass is 320 g/mol. The van der Waals surface area contributed by atoms with E-state index in [1.54, 1.807) is 13.2 Å². The average molecular weight is 321 g/mol. The van der Waals surface area contributed by atoms with Crippen molar-refractivity contribution >= 4 is 17.5 Å². The van der Waals surface area contributed by atoms with E-state index in [0.29, 0.717) is 29.6 Å². The van der Waals surface area contributed by atoms with Gasteiger partial charge in [-0.2, -0.15) is 5.10 Å². The molecule has 0 aromatic carbocycles. The van der Waals surface area contributed by atoms with Crippen molar-refractivity contribution in [1.29, 1.82) is 0 Å². The van der Waals surface area contributed by atoms with Crippen molar-refractivity contribution in [2.24, 2.45) is 7.05 Å². The van der Waals surface area contributed by atoms with E-state index in [-0.39, 0.29) is 5.91 Å². The van der Waals surface area contributed by atoms with Crippen molar-refractivity contribution in [2.45, 2.75) is 39.7 Å². The molecule has 2 rings (SSSR count). The number of aromatic nitrogens is 3. The van der Waals surface area contributed by atoms with E-state index in [0.717, 1.165) is 17.0 Å². The van der Waals surface area contributed by atoms with Crippen molar-refractivity contribution < 1.29 is 4.79 Å². The quantitative estimate of drug-likeness (QED) is 0.921. The van der Waals surface area contributed by atoms with Crippen molar-refractivity contribution in [2.75, 3.05) is 0 Å². The molecule has 0 aliphatic rings. The number of aryl methyl sites for hydroxylation is 2. The van der Waals surface area contributed by atoms with Gasteiger partial charge in [-0.1, -0.05) is 38.4 Å². The summed E-state index contributed by atoms with van der Waals surface area (Å²) in [5, 5.41) is 7.53. The zero-order valence-corrected chi connectivity index (χ0v) is 14.1. The van der Waals surface area contributed by atoms with Crippen LogP contribution in [0.3, 0.4) is 0 Å². The topological polar surface area (TPSA) is 59.8 Å². The molecule has 0 saturated carbocycles. The third kappa shape index (κ3) is 3.47. The number of rotatable bonds is 5. The maximum Gasteiger partial charge on any atom is 0.271 e. The van der Waals surface area contributed by atoms with Gasteiger partial charge in [-0.15, -0.1) is 0 Å². The Balaban J connectivity index is 2.05. The summed E-state index contributed by atoms with van der Waals surface area (Å²) in [6, 6.07) is 3.96. The Hall–Kier alpha value is -1.88. The highest BCUT2D eigenvalue weighted by Gasteiger charge is 2.19. The number of halogens is 1. The first-order valence-electron chi connectivity index (χ1n) is 7.38. The summed E-state index contributed by atoms with van der Waals surface area (Å²) in [6.07, 6.45) is 2.48. The molecule has 22 heavy (non-hydrogen) atoms. The Bertz CT molecular complexity index is 662. The average Bonchev–Trinajstić information content (AvgIpc) is 2.79. The van der Waals surface area contributed by atoms with Gasteiger partial charge in [0.1, 0.15) is 5.69 Å². The van der Waals surface area contributed by atoms with Crippen LogP contribution in [-0.2, 0) is 20.0 Å². The fourth-order valence-corrected chi connectivity index (χ4v) is 2.55. The number of hydrogen-bond acceptors (Lipinski definition) is 3. The molecular weight excluding hydrogens is 300 g/mol. The Morgan fingerprint density at radius 1 is 1.41 bits per heavy atom. The van der Waals surface area contributed by atoms with E-state index < -0.39 is 0 Å². The Kier molecular flexibility index (Phi) is 5.19. The van der Waals surface area contributed by atoms with Gasteiger partial charge in [-0.05, 0) is 24.0 Å². The summed E-state index contributed by atoms with van der Waals surface area (Å²) in [6.45, 7) is 6.56. The van der Waals surface area contributed by atoms with Gasteiger partial charge < -0.3 is 5.32 Å². The Morgan fingerprint density at radius 2 is 2.14 bits per heavy atom. The first-order valence-corrected chi connectivity index (χ1v) is 7.76. The second kappa shape index (κ2) is 6.92. The highest BCUT2D eigenvalue weighted by atomic mass is 35.5. The second-order valence-electron chi connectivity index (χ2n) is 5.52. The minimum absolute atomic E-state index is 0.229. The van der Waals surface area contributed by atoms with Gasteiger partial charge in [-0.3, -0.25) is 14.5 Å². The number of hydrogen-bond donors (Lipinski definition) is 1. The second-order valence-corrected chi connectivity index (χ2v) is 5.89. The first kappa shape index (κ1) is 16.5. The molecule has 0 aliphatic carbocycles. The number of pyridine rings is 1. The Labute approximate surface area is 135 Å². The molecule has 2 aromatic rings. The molecule has 0 bridgehead atoms.